The van der Waals surface area contributed by atoms with Crippen LogP contribution in [0.25, 0.3) is 9.81 Å². The van der Waals surface area contributed by atoms with Crippen LogP contribution in [0.4, 0.5) is 0 Å². The van der Waals surface area contributed by atoms with E-state index in [-0.39, 0.29) is 15.6 Å². The number of rotatable bonds is 2. The van der Waals surface area contributed by atoms with Crippen LogP contribution in [0.3, 0.4) is 0 Å². The van der Waals surface area contributed by atoms with Crippen LogP contribution >= 0.6 is 0 Å². The molecule has 110 valence electrons. The molecule has 0 atom stereocenters. The summed E-state index contributed by atoms with van der Waals surface area (Å²) < 4.78 is 25.7. The highest BCUT2D eigenvalue weighted by Crippen LogP contribution is 2.35. The van der Waals surface area contributed by atoms with Gasteiger partial charge in [0.25, 0.3) is 0 Å². The predicted molar refractivity (Wildman–Crippen MR) is 87.5 cm³/mol. The summed E-state index contributed by atoms with van der Waals surface area (Å²) in [4.78, 5) is 12.1. The molecule has 2 aromatic carbocycles. The highest BCUT2D eigenvalue weighted by molar-refractivity contribution is 8.09. The van der Waals surface area contributed by atoms with Gasteiger partial charge in [0.15, 0.2) is 5.78 Å². The summed E-state index contributed by atoms with van der Waals surface area (Å²) in [6.07, 6.45) is 2.37. The van der Waals surface area contributed by atoms with E-state index in [1.165, 1.54) is 12.2 Å². The van der Waals surface area contributed by atoms with Crippen LogP contribution in [0.1, 0.15) is 16.7 Å². The van der Waals surface area contributed by atoms with Crippen molar-refractivity contribution in [2.45, 2.75) is 6.92 Å². The standard InChI is InChI=1S/C18H14O3S/c1-13-7-9-15(10-8-13)18-12-16(19)11-17(22(18,20)21)14-5-3-2-4-6-14/h2-12H,1H3. The van der Waals surface area contributed by atoms with Crippen molar-refractivity contribution >= 4 is 25.4 Å². The van der Waals surface area contributed by atoms with Gasteiger partial charge in [-0.25, -0.2) is 8.42 Å². The third kappa shape index (κ3) is 2.53. The molecule has 0 spiro atoms. The number of hydrogen-bond donors (Lipinski definition) is 0. The van der Waals surface area contributed by atoms with E-state index in [0.29, 0.717) is 11.1 Å². The second kappa shape index (κ2) is 5.39. The van der Waals surface area contributed by atoms with Gasteiger partial charge in [0.1, 0.15) is 0 Å². The number of aryl methyl sites for hydroxylation is 1. The number of ketones is 1. The molecule has 0 N–H and O–H groups in total. The van der Waals surface area contributed by atoms with E-state index in [1.807, 2.05) is 19.1 Å². The number of carbonyl (C=O) groups is 1. The Hall–Kier alpha value is -2.46. The topological polar surface area (TPSA) is 51.2 Å². The lowest BCUT2D eigenvalue weighted by Crippen LogP contribution is -2.13. The molecule has 0 bridgehead atoms. The van der Waals surface area contributed by atoms with E-state index in [4.69, 9.17) is 0 Å². The Balaban J connectivity index is 2.15. The third-order valence-corrected chi connectivity index (χ3v) is 5.39. The summed E-state index contributed by atoms with van der Waals surface area (Å²) in [5.41, 5.74) is 2.08. The van der Waals surface area contributed by atoms with Crippen LogP contribution in [-0.2, 0) is 14.6 Å². The molecule has 1 aliphatic heterocycles. The van der Waals surface area contributed by atoms with Gasteiger partial charge >= 0.3 is 0 Å². The summed E-state index contributed by atoms with van der Waals surface area (Å²) in [6.45, 7) is 1.92. The van der Waals surface area contributed by atoms with E-state index < -0.39 is 9.84 Å². The molecule has 3 rings (SSSR count). The van der Waals surface area contributed by atoms with Crippen LogP contribution < -0.4 is 0 Å². The molecule has 0 fully saturated rings. The van der Waals surface area contributed by atoms with E-state index in [2.05, 4.69) is 0 Å². The molecule has 1 aliphatic rings. The summed E-state index contributed by atoms with van der Waals surface area (Å²) in [6, 6.07) is 15.8. The molecule has 1 heterocycles. The second-order valence-corrected chi connectivity index (χ2v) is 7.04. The van der Waals surface area contributed by atoms with Crippen LogP contribution in [0.2, 0.25) is 0 Å². The molecule has 0 unspecified atom stereocenters. The van der Waals surface area contributed by atoms with Crippen molar-refractivity contribution in [3.05, 3.63) is 83.4 Å². The lowest BCUT2D eigenvalue weighted by Gasteiger charge is -2.16. The first-order valence-electron chi connectivity index (χ1n) is 6.83. The largest absolute Gasteiger partial charge is 0.290 e. The Labute approximate surface area is 129 Å². The van der Waals surface area contributed by atoms with E-state index >= 15 is 0 Å². The maximum Gasteiger partial charge on any atom is 0.208 e. The van der Waals surface area contributed by atoms with Gasteiger partial charge in [-0.1, -0.05) is 60.2 Å². The predicted octanol–water partition coefficient (Wildman–Crippen LogP) is 3.37. The zero-order valence-electron chi connectivity index (χ0n) is 12.0. The molecular formula is C18H14O3S. The molecule has 0 amide bonds. The van der Waals surface area contributed by atoms with Crippen molar-refractivity contribution in [3.63, 3.8) is 0 Å². The summed E-state index contributed by atoms with van der Waals surface area (Å²) in [5, 5.41) is 0. The molecule has 3 nitrogen and oxygen atoms in total. The van der Waals surface area contributed by atoms with Gasteiger partial charge in [0.2, 0.25) is 9.84 Å². The minimum absolute atomic E-state index is 0.0520. The minimum Gasteiger partial charge on any atom is -0.290 e. The third-order valence-electron chi connectivity index (χ3n) is 3.52. The first kappa shape index (κ1) is 14.5. The Morgan fingerprint density at radius 3 is 1.77 bits per heavy atom. The lowest BCUT2D eigenvalue weighted by molar-refractivity contribution is -0.110. The van der Waals surface area contributed by atoms with Crippen molar-refractivity contribution in [2.24, 2.45) is 0 Å². The molecule has 2 aromatic rings. The molecule has 0 aromatic heterocycles. The van der Waals surface area contributed by atoms with E-state index in [9.17, 15) is 13.2 Å². The van der Waals surface area contributed by atoms with Crippen molar-refractivity contribution < 1.29 is 13.2 Å². The van der Waals surface area contributed by atoms with Crippen molar-refractivity contribution in [1.29, 1.82) is 0 Å². The van der Waals surface area contributed by atoms with Crippen molar-refractivity contribution in [2.75, 3.05) is 0 Å². The average molecular weight is 310 g/mol. The number of benzene rings is 2. The first-order valence-corrected chi connectivity index (χ1v) is 8.32. The highest BCUT2D eigenvalue weighted by Gasteiger charge is 2.30. The van der Waals surface area contributed by atoms with Crippen molar-refractivity contribution in [1.82, 2.24) is 0 Å². The van der Waals surface area contributed by atoms with E-state index in [0.717, 1.165) is 5.56 Å². The van der Waals surface area contributed by atoms with Crippen LogP contribution in [0, 0.1) is 6.92 Å². The maximum absolute atomic E-state index is 12.9. The van der Waals surface area contributed by atoms with Crippen LogP contribution in [-0.4, -0.2) is 14.2 Å². The monoisotopic (exact) mass is 310 g/mol. The van der Waals surface area contributed by atoms with Crippen molar-refractivity contribution in [3.8, 4) is 0 Å². The minimum atomic E-state index is -3.71. The number of sulfone groups is 1. The highest BCUT2D eigenvalue weighted by atomic mass is 32.2. The molecule has 0 saturated heterocycles. The van der Waals surface area contributed by atoms with Gasteiger partial charge in [-0.2, -0.15) is 0 Å². The molecule has 22 heavy (non-hydrogen) atoms. The van der Waals surface area contributed by atoms with Gasteiger partial charge < -0.3 is 0 Å². The Morgan fingerprint density at radius 2 is 1.23 bits per heavy atom. The summed E-state index contributed by atoms with van der Waals surface area (Å²) in [7, 11) is -3.71. The normalized spacial score (nSPS) is 16.9. The zero-order chi connectivity index (χ0) is 15.7. The smallest absolute Gasteiger partial charge is 0.208 e. The van der Waals surface area contributed by atoms with Gasteiger partial charge in [-0.3, -0.25) is 4.79 Å². The summed E-state index contributed by atoms with van der Waals surface area (Å²) in [5.74, 6) is -0.316. The van der Waals surface area contributed by atoms with E-state index in [1.54, 1.807) is 42.5 Å². The Bertz CT molecular complexity index is 887. The maximum atomic E-state index is 12.9. The lowest BCUT2D eigenvalue weighted by atomic mass is 10.1. The summed E-state index contributed by atoms with van der Waals surface area (Å²) >= 11 is 0. The number of carbonyl (C=O) groups excluding carboxylic acids is 1. The average Bonchev–Trinajstić information content (AvgIpc) is 2.51. The van der Waals surface area contributed by atoms with Gasteiger partial charge in [-0.05, 0) is 18.1 Å². The van der Waals surface area contributed by atoms with Gasteiger partial charge in [0.05, 0.1) is 9.81 Å². The SMILES string of the molecule is Cc1ccc(C2=CC(=O)C=C(c3ccccc3)S2(=O)=O)cc1. The molecule has 0 saturated carbocycles. The molecule has 4 heteroatoms. The molecule has 0 radical (unpaired) electrons. The Morgan fingerprint density at radius 1 is 0.727 bits per heavy atom. The molecular weight excluding hydrogens is 296 g/mol. The fourth-order valence-electron chi connectivity index (χ4n) is 2.37. The van der Waals surface area contributed by atoms with Gasteiger partial charge in [-0.15, -0.1) is 0 Å². The number of allylic oxidation sites excluding steroid dienone is 2. The quantitative estimate of drug-likeness (QED) is 0.854. The second-order valence-electron chi connectivity index (χ2n) is 5.16. The van der Waals surface area contributed by atoms with Crippen LogP contribution in [0.5, 0.6) is 0 Å². The zero-order valence-corrected chi connectivity index (χ0v) is 12.8. The first-order chi connectivity index (χ1) is 10.5. The number of hydrogen-bond acceptors (Lipinski definition) is 3. The van der Waals surface area contributed by atoms with Gasteiger partial charge in [0, 0.05) is 12.2 Å². The Kier molecular flexibility index (Phi) is 3.54. The van der Waals surface area contributed by atoms with Crippen LogP contribution in [0.15, 0.2) is 66.7 Å². The fourth-order valence-corrected chi connectivity index (χ4v) is 4.04. The fraction of sp³-hybridized carbons (Fsp3) is 0.0556. The molecule has 0 aliphatic carbocycles.